The average molecular weight is 1430 g/mol. The Hall–Kier alpha value is 2.48. The van der Waals surface area contributed by atoms with Gasteiger partial charge in [0.15, 0.2) is 0 Å². The van der Waals surface area contributed by atoms with Crippen molar-refractivity contribution in [3.05, 3.63) is 63.8 Å². The zero-order chi connectivity index (χ0) is 60.6. The minimum absolute atomic E-state index is 0. The third kappa shape index (κ3) is 73.2. The molecule has 0 spiro atoms. The molecule has 0 aliphatic heterocycles. The van der Waals surface area contributed by atoms with E-state index in [0.29, 0.717) is 96.7 Å². The zero-order valence-corrected chi connectivity index (χ0v) is 65.3. The molecule has 0 amide bonds. The van der Waals surface area contributed by atoms with Crippen LogP contribution in [0.25, 0.3) is 63.8 Å². The fourth-order valence-electron chi connectivity index (χ4n) is 8.42. The van der Waals surface area contributed by atoms with Gasteiger partial charge in [0.1, 0.15) is 0 Å². The first kappa shape index (κ1) is 112. The van der Waals surface area contributed by atoms with E-state index in [4.69, 9.17) is 21.3 Å². The van der Waals surface area contributed by atoms with Crippen LogP contribution in [0.2, 0.25) is 0 Å². The number of likely N-dealkylation sites (N-methyl/N-ethyl adjacent to an activating group) is 4. The second kappa shape index (κ2) is 72.5. The van der Waals surface area contributed by atoms with Crippen LogP contribution in [0.3, 0.4) is 0 Å². The molecule has 0 saturated heterocycles. The molecule has 0 aromatic rings. The predicted octanol–water partition coefficient (Wildman–Crippen LogP) is 21.5. The van der Waals surface area contributed by atoms with Gasteiger partial charge in [-0.15, -0.1) is 48.3 Å². The average Bonchev–Trinajstić information content (AvgIpc) is 3.35. The fourth-order valence-corrected chi connectivity index (χ4v) is 8.42. The minimum atomic E-state index is 0. The van der Waals surface area contributed by atoms with Crippen LogP contribution in [0.15, 0.2) is 0 Å². The largest absolute Gasteiger partial charge is 2.00 e. The van der Waals surface area contributed by atoms with Crippen LogP contribution in [0, 0.1) is 0 Å². The van der Waals surface area contributed by atoms with Gasteiger partial charge < -0.3 is 63.8 Å². The second-order valence-corrected chi connectivity index (χ2v) is 23.5. The molecular weight excluding hydrogens is 1290 g/mol. The van der Waals surface area contributed by atoms with E-state index in [1.807, 2.05) is 14.1 Å². The smallest absolute Gasteiger partial charge is 0.664 e. The van der Waals surface area contributed by atoms with Crippen LogP contribution < -0.4 is 0 Å². The van der Waals surface area contributed by atoms with Crippen molar-refractivity contribution in [2.75, 3.05) is 40.3 Å². The number of hydrogen-bond donors (Lipinski definition) is 0. The summed E-state index contributed by atoms with van der Waals surface area (Å²) in [5.74, 6) is 0. The van der Waals surface area contributed by atoms with E-state index in [1.165, 1.54) is 0 Å². The van der Waals surface area contributed by atoms with Crippen LogP contribution >= 0.6 is 0 Å². The molecular formula is C64H140N12Ni6. The maximum absolute atomic E-state index is 4.82. The molecule has 0 aromatic heterocycles. The van der Waals surface area contributed by atoms with E-state index in [-0.39, 0.29) is 110 Å². The Balaban J connectivity index is -0.0000000711. The maximum atomic E-state index is 4.82. The monoisotopic (exact) mass is 1420 g/mol. The SMILES string of the molecule is CCC(C)[N-]C(C)C(CC)[N-]C(C)CC.CCC([N-]C(C)(C)C)C(C)[N-]C(C)(C)C.CCC([N-]C(C)C)C(C)[N-]C(C)C.CCC([N-]C)C(C)[N-]C.CCC[N-]C(C)C(CC)[N-]CCC.CC[N-]C(C)C(CC)[N-]CC.[Ni+2].[Ni+2].[Ni+2].[Ni+2].[Ni+2].[Ni+2]. The Morgan fingerprint density at radius 2 is 0.622 bits per heavy atom. The van der Waals surface area contributed by atoms with E-state index in [9.17, 15) is 0 Å². The van der Waals surface area contributed by atoms with Gasteiger partial charge in [-0.1, -0.05) is 272 Å². The normalized spacial score (nSPS) is 16.0. The molecule has 12 nitrogen and oxygen atoms in total. The summed E-state index contributed by atoms with van der Waals surface area (Å²) in [4.78, 5) is 0. The molecule has 14 atom stereocenters. The van der Waals surface area contributed by atoms with Crippen LogP contribution in [0.1, 0.15) is 272 Å². The second-order valence-electron chi connectivity index (χ2n) is 23.5. The van der Waals surface area contributed by atoms with Crippen LogP contribution in [0.4, 0.5) is 0 Å². The molecule has 14 unspecified atom stereocenters. The zero-order valence-electron chi connectivity index (χ0n) is 59.4. The Kier molecular flexibility index (Phi) is 99.1. The van der Waals surface area contributed by atoms with Crippen molar-refractivity contribution in [1.29, 1.82) is 0 Å². The maximum Gasteiger partial charge on any atom is 2.00 e. The summed E-state index contributed by atoms with van der Waals surface area (Å²) in [6.45, 7) is 68.5. The Morgan fingerprint density at radius 1 is 0.280 bits per heavy atom. The van der Waals surface area contributed by atoms with Crippen LogP contribution in [0.5, 0.6) is 0 Å². The molecule has 0 aliphatic rings. The van der Waals surface area contributed by atoms with E-state index in [0.717, 1.165) is 90.4 Å². The summed E-state index contributed by atoms with van der Waals surface area (Å²) in [6, 6.07) is 6.55. The van der Waals surface area contributed by atoms with Gasteiger partial charge in [0, 0.05) is 0 Å². The van der Waals surface area contributed by atoms with E-state index in [2.05, 4.69) is 250 Å². The van der Waals surface area contributed by atoms with Crippen LogP contribution in [-0.4, -0.2) is 148 Å². The van der Waals surface area contributed by atoms with Crippen molar-refractivity contribution >= 4 is 0 Å². The summed E-state index contributed by atoms with van der Waals surface area (Å²) in [5.41, 5.74) is 0.0859. The molecule has 0 rings (SSSR count). The van der Waals surface area contributed by atoms with E-state index in [1.54, 1.807) is 0 Å². The molecule has 0 aromatic carbocycles. The van der Waals surface area contributed by atoms with Crippen molar-refractivity contribution in [1.82, 2.24) is 0 Å². The summed E-state index contributed by atoms with van der Waals surface area (Å²) in [7, 11) is 3.70. The van der Waals surface area contributed by atoms with Crippen molar-refractivity contribution < 1.29 is 98.9 Å². The van der Waals surface area contributed by atoms with Crippen molar-refractivity contribution in [3.8, 4) is 0 Å². The third-order valence-electron chi connectivity index (χ3n) is 13.0. The standard InChI is InChI=1S/2C13H28N2.2C11H24N2.C9H20N2.C7H16N2.6Ni/c1-9-11(15-13(6,7)8)10(2)14-12(3,4)5;1-7-10(4)14-12(6)13(9-3)15-11(5)8-2;1-7-11(13-9(4)5)10(6)12-8(2)3;1-5-8-12-10(4)11(7-3)13-9-6-2;1-5-9(11-7-3)8(4)10-6-2;1-5-7(9-4)6(2)8-3;;;;;;/h10-11H,9H2,1-8H3;10-13H,7-9H2,1-6H3;8-11H,7H2,1-6H3;10-11H,5-9H2,1-4H3;8-9H,5-7H2,1-4H3;6-7H,5H2,1-4H3;;;;;;/q6*-2;6*+2. The molecule has 0 N–H and O–H groups in total. The first-order chi connectivity index (χ1) is 35.3. The topological polar surface area (TPSA) is 169 Å². The summed E-state index contributed by atoms with van der Waals surface area (Å²) in [5, 5.41) is 54.8. The van der Waals surface area contributed by atoms with Gasteiger partial charge in [-0.3, -0.25) is 0 Å². The molecule has 0 saturated carbocycles. The molecule has 516 valence electrons. The van der Waals surface area contributed by atoms with Gasteiger partial charge in [0.2, 0.25) is 0 Å². The molecule has 18 heteroatoms. The Labute approximate surface area is 578 Å². The summed E-state index contributed by atoms with van der Waals surface area (Å²) in [6.07, 6.45) is 11.1. The van der Waals surface area contributed by atoms with E-state index < -0.39 is 0 Å². The Morgan fingerprint density at radius 3 is 0.927 bits per heavy atom. The van der Waals surface area contributed by atoms with Gasteiger partial charge >= 0.3 is 98.9 Å². The van der Waals surface area contributed by atoms with Gasteiger partial charge in [-0.05, 0) is 0 Å². The minimum Gasteiger partial charge on any atom is -0.664 e. The first-order valence-electron chi connectivity index (χ1n) is 31.4. The Bertz CT molecular complexity index is 1160. The number of rotatable bonds is 36. The van der Waals surface area contributed by atoms with Gasteiger partial charge in [0.05, 0.1) is 0 Å². The number of nitrogens with zero attached hydrogens (tertiary/aromatic N) is 12. The van der Waals surface area contributed by atoms with Gasteiger partial charge in [-0.25, -0.2) is 0 Å². The summed E-state index contributed by atoms with van der Waals surface area (Å²) < 4.78 is 0. The van der Waals surface area contributed by atoms with Crippen molar-refractivity contribution in [3.63, 3.8) is 0 Å². The first-order valence-corrected chi connectivity index (χ1v) is 31.4. The van der Waals surface area contributed by atoms with Crippen molar-refractivity contribution in [2.45, 2.75) is 380 Å². The molecule has 0 heterocycles. The third-order valence-corrected chi connectivity index (χ3v) is 13.0. The molecule has 0 fully saturated rings. The summed E-state index contributed by atoms with van der Waals surface area (Å²) >= 11 is 0. The fraction of sp³-hybridized carbons (Fsp3) is 1.00. The predicted molar refractivity (Wildman–Crippen MR) is 354 cm³/mol. The quantitative estimate of drug-likeness (QED) is 0.0545. The molecule has 0 aliphatic carbocycles. The van der Waals surface area contributed by atoms with Crippen LogP contribution in [-0.2, 0) is 98.9 Å². The molecule has 0 radical (unpaired) electrons. The van der Waals surface area contributed by atoms with E-state index >= 15 is 0 Å². The molecule has 0 bridgehead atoms. The van der Waals surface area contributed by atoms with Gasteiger partial charge in [-0.2, -0.15) is 99.7 Å². The number of hydrogen-bond acceptors (Lipinski definition) is 0. The molecule has 82 heavy (non-hydrogen) atoms. The van der Waals surface area contributed by atoms with Crippen molar-refractivity contribution in [2.24, 2.45) is 0 Å². The van der Waals surface area contributed by atoms with Gasteiger partial charge in [0.25, 0.3) is 0 Å².